The third-order valence-electron chi connectivity index (χ3n) is 5.19. The number of amides is 2. The van der Waals surface area contributed by atoms with E-state index in [1.165, 1.54) is 25.1 Å². The second-order valence-electron chi connectivity index (χ2n) is 7.00. The Hall–Kier alpha value is -3.40. The second-order valence-corrected chi connectivity index (χ2v) is 8.00. The van der Waals surface area contributed by atoms with Crippen molar-refractivity contribution in [1.29, 1.82) is 0 Å². The zero-order chi connectivity index (χ0) is 23.4. The minimum absolute atomic E-state index is 0.0914. The lowest BCUT2D eigenvalue weighted by Gasteiger charge is -2.18. The van der Waals surface area contributed by atoms with Gasteiger partial charge in [0.25, 0.3) is 11.5 Å². The van der Waals surface area contributed by atoms with Crippen LogP contribution < -0.4 is 20.3 Å². The Morgan fingerprint density at radius 3 is 2.47 bits per heavy atom. The van der Waals surface area contributed by atoms with Crippen LogP contribution in [0.2, 0.25) is 0 Å². The van der Waals surface area contributed by atoms with E-state index in [2.05, 4.69) is 10.3 Å². The van der Waals surface area contributed by atoms with Crippen molar-refractivity contribution in [3.63, 3.8) is 0 Å². The molecule has 0 spiro atoms. The summed E-state index contributed by atoms with van der Waals surface area (Å²) in [6, 6.07) is 5.05. The maximum Gasteiger partial charge on any atom is 0.266 e. The van der Waals surface area contributed by atoms with E-state index in [1.807, 2.05) is 13.8 Å². The molecule has 1 aromatic carbocycles. The Labute approximate surface area is 189 Å². The molecule has 0 aliphatic carbocycles. The van der Waals surface area contributed by atoms with Gasteiger partial charge in [-0.15, -0.1) is 11.3 Å². The number of ether oxygens (including phenoxy) is 2. The van der Waals surface area contributed by atoms with Gasteiger partial charge >= 0.3 is 0 Å². The number of aryl methyl sites for hydroxylation is 1. The molecule has 0 bridgehead atoms. The number of thiophene rings is 1. The summed E-state index contributed by atoms with van der Waals surface area (Å²) in [5.74, 6) is 0.522. The van der Waals surface area contributed by atoms with E-state index >= 15 is 0 Å². The van der Waals surface area contributed by atoms with Crippen molar-refractivity contribution in [3.05, 3.63) is 45.3 Å². The maximum absolute atomic E-state index is 13.0. The molecule has 10 heteroatoms. The zero-order valence-electron chi connectivity index (χ0n) is 18.7. The van der Waals surface area contributed by atoms with Crippen LogP contribution in [0.1, 0.15) is 29.1 Å². The Morgan fingerprint density at radius 1 is 1.16 bits per heavy atom. The normalized spacial score (nSPS) is 10.8. The number of methoxy groups -OCH3 is 2. The predicted octanol–water partition coefficient (Wildman–Crippen LogP) is 2.90. The fraction of sp³-hybridized carbons (Fsp3) is 0.364. The molecular weight excluding hydrogens is 432 g/mol. The number of rotatable bonds is 8. The summed E-state index contributed by atoms with van der Waals surface area (Å²) in [6.45, 7) is 6.53. The Kier molecular flexibility index (Phi) is 7.14. The SMILES string of the molecule is CCN(CC)C(=O)Cn1cnc2sc(C(=O)Nc3ccc(OC)c(OC)c3)c(C)c2c1=O. The lowest BCUT2D eigenvalue weighted by Crippen LogP contribution is -2.36. The summed E-state index contributed by atoms with van der Waals surface area (Å²) < 4.78 is 11.8. The fourth-order valence-electron chi connectivity index (χ4n) is 3.41. The molecule has 0 fully saturated rings. The van der Waals surface area contributed by atoms with E-state index in [0.717, 1.165) is 11.3 Å². The lowest BCUT2D eigenvalue weighted by atomic mass is 10.2. The number of nitrogens with zero attached hydrogens (tertiary/aromatic N) is 3. The van der Waals surface area contributed by atoms with Gasteiger partial charge in [0.1, 0.15) is 11.4 Å². The largest absolute Gasteiger partial charge is 0.493 e. The zero-order valence-corrected chi connectivity index (χ0v) is 19.5. The third-order valence-corrected chi connectivity index (χ3v) is 6.39. The number of carbonyl (C=O) groups excluding carboxylic acids is 2. The topological polar surface area (TPSA) is 103 Å². The molecular formula is C22H26N4O5S. The van der Waals surface area contributed by atoms with Crippen LogP contribution in [0, 0.1) is 6.92 Å². The fourth-order valence-corrected chi connectivity index (χ4v) is 4.45. The molecule has 170 valence electrons. The van der Waals surface area contributed by atoms with Gasteiger partial charge in [0.2, 0.25) is 5.91 Å². The van der Waals surface area contributed by atoms with Gasteiger partial charge in [-0.1, -0.05) is 0 Å². The molecule has 0 saturated heterocycles. The van der Waals surface area contributed by atoms with Crippen LogP contribution in [0.4, 0.5) is 5.69 Å². The van der Waals surface area contributed by atoms with E-state index in [1.54, 1.807) is 30.0 Å². The van der Waals surface area contributed by atoms with Crippen LogP contribution >= 0.6 is 11.3 Å². The first-order chi connectivity index (χ1) is 15.3. The van der Waals surface area contributed by atoms with Crippen molar-refractivity contribution in [3.8, 4) is 11.5 Å². The first-order valence-electron chi connectivity index (χ1n) is 10.1. The monoisotopic (exact) mass is 458 g/mol. The van der Waals surface area contributed by atoms with Crippen LogP contribution in [-0.4, -0.2) is 53.6 Å². The minimum atomic E-state index is -0.358. The molecule has 2 aromatic heterocycles. The van der Waals surface area contributed by atoms with Crippen molar-refractivity contribution in [2.75, 3.05) is 32.6 Å². The number of carbonyl (C=O) groups is 2. The molecule has 0 aliphatic rings. The van der Waals surface area contributed by atoms with Crippen molar-refractivity contribution >= 4 is 39.1 Å². The molecule has 0 saturated carbocycles. The number of fused-ring (bicyclic) bond motifs is 1. The van der Waals surface area contributed by atoms with E-state index in [4.69, 9.17) is 9.47 Å². The highest BCUT2D eigenvalue weighted by atomic mass is 32.1. The molecule has 0 atom stereocenters. The summed E-state index contributed by atoms with van der Waals surface area (Å²) in [5, 5.41) is 3.17. The Balaban J connectivity index is 1.91. The van der Waals surface area contributed by atoms with E-state index in [0.29, 0.717) is 50.9 Å². The van der Waals surface area contributed by atoms with Crippen LogP contribution in [0.25, 0.3) is 10.2 Å². The Morgan fingerprint density at radius 2 is 1.84 bits per heavy atom. The quantitative estimate of drug-likeness (QED) is 0.557. The van der Waals surface area contributed by atoms with Gasteiger partial charge in [-0.2, -0.15) is 0 Å². The molecule has 0 aliphatic heterocycles. The number of benzene rings is 1. The van der Waals surface area contributed by atoms with Crippen LogP contribution in [0.15, 0.2) is 29.3 Å². The number of anilines is 1. The van der Waals surface area contributed by atoms with Gasteiger partial charge in [-0.3, -0.25) is 19.0 Å². The third kappa shape index (κ3) is 4.45. The summed E-state index contributed by atoms with van der Waals surface area (Å²) in [6.07, 6.45) is 1.36. The molecule has 2 heterocycles. The smallest absolute Gasteiger partial charge is 0.266 e. The molecule has 0 unspecified atom stereocenters. The average Bonchev–Trinajstić information content (AvgIpc) is 3.13. The predicted molar refractivity (Wildman–Crippen MR) is 124 cm³/mol. The first kappa shape index (κ1) is 23.3. The Bertz CT molecular complexity index is 1210. The molecule has 0 radical (unpaired) electrons. The summed E-state index contributed by atoms with van der Waals surface area (Å²) in [7, 11) is 3.05. The van der Waals surface area contributed by atoms with Crippen molar-refractivity contribution in [2.45, 2.75) is 27.3 Å². The second kappa shape index (κ2) is 9.82. The van der Waals surface area contributed by atoms with E-state index in [9.17, 15) is 14.4 Å². The molecule has 2 amide bonds. The van der Waals surface area contributed by atoms with Gasteiger partial charge in [-0.05, 0) is 38.5 Å². The summed E-state index contributed by atoms with van der Waals surface area (Å²) >= 11 is 1.14. The van der Waals surface area contributed by atoms with Crippen molar-refractivity contribution in [1.82, 2.24) is 14.5 Å². The number of likely N-dealkylation sites (N-methyl/N-ethyl adjacent to an activating group) is 1. The van der Waals surface area contributed by atoms with Crippen molar-refractivity contribution < 1.29 is 19.1 Å². The lowest BCUT2D eigenvalue weighted by molar-refractivity contribution is -0.131. The van der Waals surface area contributed by atoms with Gasteiger partial charge < -0.3 is 19.7 Å². The highest BCUT2D eigenvalue weighted by Gasteiger charge is 2.21. The molecule has 32 heavy (non-hydrogen) atoms. The minimum Gasteiger partial charge on any atom is -0.493 e. The maximum atomic E-state index is 13.0. The number of aromatic nitrogens is 2. The van der Waals surface area contributed by atoms with Crippen LogP contribution in [0.5, 0.6) is 11.5 Å². The van der Waals surface area contributed by atoms with E-state index < -0.39 is 0 Å². The van der Waals surface area contributed by atoms with Crippen LogP contribution in [0.3, 0.4) is 0 Å². The van der Waals surface area contributed by atoms with Crippen LogP contribution in [-0.2, 0) is 11.3 Å². The summed E-state index contributed by atoms with van der Waals surface area (Å²) in [4.78, 5) is 45.2. The number of hydrogen-bond acceptors (Lipinski definition) is 7. The number of nitrogens with one attached hydrogen (secondary N) is 1. The first-order valence-corrected chi connectivity index (χ1v) is 11.0. The van der Waals surface area contributed by atoms with Gasteiger partial charge in [0.15, 0.2) is 11.5 Å². The highest BCUT2D eigenvalue weighted by Crippen LogP contribution is 2.31. The molecule has 9 nitrogen and oxygen atoms in total. The van der Waals surface area contributed by atoms with Gasteiger partial charge in [-0.25, -0.2) is 4.98 Å². The highest BCUT2D eigenvalue weighted by molar-refractivity contribution is 7.20. The molecule has 3 rings (SSSR count). The van der Waals surface area contributed by atoms with E-state index in [-0.39, 0.29) is 23.9 Å². The molecule has 3 aromatic rings. The molecule has 1 N–H and O–H groups in total. The summed E-state index contributed by atoms with van der Waals surface area (Å²) in [5.41, 5.74) is 0.722. The van der Waals surface area contributed by atoms with Gasteiger partial charge in [0.05, 0.1) is 30.8 Å². The van der Waals surface area contributed by atoms with Gasteiger partial charge in [0, 0.05) is 24.8 Å². The number of hydrogen-bond donors (Lipinski definition) is 1. The van der Waals surface area contributed by atoms with Crippen molar-refractivity contribution in [2.24, 2.45) is 0 Å². The average molecular weight is 459 g/mol. The standard InChI is InChI=1S/C22H26N4O5S/c1-6-25(7-2)17(27)11-26-12-23-21-18(22(26)29)13(3)19(32-21)20(28)24-14-8-9-15(30-4)16(10-14)31-5/h8-10,12H,6-7,11H2,1-5H3,(H,24,28).